The van der Waals surface area contributed by atoms with Crippen molar-refractivity contribution in [3.63, 3.8) is 0 Å². The molecule has 1 heterocycles. The van der Waals surface area contributed by atoms with E-state index in [-0.39, 0.29) is 5.11 Å². The minimum atomic E-state index is -2.52. The summed E-state index contributed by atoms with van der Waals surface area (Å²) >= 11 is 4.38. The van der Waals surface area contributed by atoms with E-state index in [4.69, 9.17) is 10.2 Å². The van der Waals surface area contributed by atoms with Gasteiger partial charge in [-0.2, -0.15) is 0 Å². The molecule has 5 nitrogen and oxygen atoms in total. The fourth-order valence-corrected chi connectivity index (χ4v) is 0.672. The summed E-state index contributed by atoms with van der Waals surface area (Å²) in [7, 11) is 0. The van der Waals surface area contributed by atoms with Crippen molar-refractivity contribution in [1.29, 1.82) is 0 Å². The summed E-state index contributed by atoms with van der Waals surface area (Å²) in [6, 6.07) is 0. The molecule has 0 unspecified atom stereocenters. The minimum Gasteiger partial charge on any atom is -0.341 e. The van der Waals surface area contributed by atoms with E-state index in [0.717, 1.165) is 0 Å². The highest BCUT2D eigenvalue weighted by atomic mass is 32.1. The lowest BCUT2D eigenvalue weighted by Gasteiger charge is -2.08. The molecular weight excluding hydrogens is 144 g/mol. The van der Waals surface area contributed by atoms with Crippen molar-refractivity contribution in [1.82, 2.24) is 10.6 Å². The smallest absolute Gasteiger partial charge is 0.330 e. The van der Waals surface area contributed by atoms with E-state index in [1.807, 2.05) is 10.6 Å². The molecule has 0 radical (unpaired) electrons. The Morgan fingerprint density at radius 1 is 1.56 bits per heavy atom. The number of thiocarbonyl (C=S) groups is 1. The molecule has 0 aliphatic carbocycles. The van der Waals surface area contributed by atoms with Crippen LogP contribution in [0.1, 0.15) is 0 Å². The topological polar surface area (TPSA) is 81.6 Å². The number of carbonyl (C=O) groups excluding carboxylic acids is 1. The summed E-state index contributed by atoms with van der Waals surface area (Å²) in [4.78, 5) is 10.3. The van der Waals surface area contributed by atoms with Crippen LogP contribution in [0.5, 0.6) is 0 Å². The largest absolute Gasteiger partial charge is 0.341 e. The lowest BCUT2D eigenvalue weighted by molar-refractivity contribution is -0.183. The Balaban J connectivity index is 2.81. The third-order valence-corrected chi connectivity index (χ3v) is 1.04. The summed E-state index contributed by atoms with van der Waals surface area (Å²) < 4.78 is 0. The van der Waals surface area contributed by atoms with E-state index in [1.165, 1.54) is 0 Å². The van der Waals surface area contributed by atoms with Gasteiger partial charge < -0.3 is 15.5 Å². The Kier molecular flexibility index (Phi) is 1.16. The number of carbonyl (C=O) groups is 1. The molecule has 1 fully saturated rings. The Morgan fingerprint density at radius 3 is 2.22 bits per heavy atom. The number of nitrogens with one attached hydrogen (secondary N) is 2. The van der Waals surface area contributed by atoms with Crippen molar-refractivity contribution in [2.75, 3.05) is 0 Å². The highest BCUT2D eigenvalue weighted by molar-refractivity contribution is 7.80. The van der Waals surface area contributed by atoms with Crippen LogP contribution in [-0.4, -0.2) is 27.1 Å². The lowest BCUT2D eigenvalue weighted by Crippen LogP contribution is -2.46. The summed E-state index contributed by atoms with van der Waals surface area (Å²) in [5.74, 6) is -3.47. The van der Waals surface area contributed by atoms with Crippen molar-refractivity contribution >= 4 is 23.2 Å². The number of hydrogen-bond acceptors (Lipinski definition) is 4. The van der Waals surface area contributed by atoms with Crippen molar-refractivity contribution < 1.29 is 15.0 Å². The van der Waals surface area contributed by atoms with E-state index in [1.54, 1.807) is 0 Å². The molecule has 9 heavy (non-hydrogen) atoms. The zero-order valence-corrected chi connectivity index (χ0v) is 5.03. The van der Waals surface area contributed by atoms with E-state index in [0.29, 0.717) is 0 Å². The van der Waals surface area contributed by atoms with Gasteiger partial charge in [-0.1, -0.05) is 0 Å². The first-order valence-electron chi connectivity index (χ1n) is 2.11. The molecule has 0 aromatic rings. The first-order chi connectivity index (χ1) is 4.02. The minimum absolute atomic E-state index is 0.0787. The molecule has 1 amide bonds. The third-order valence-electron chi connectivity index (χ3n) is 0.832. The van der Waals surface area contributed by atoms with E-state index in [9.17, 15) is 4.79 Å². The van der Waals surface area contributed by atoms with Crippen LogP contribution in [-0.2, 0) is 4.79 Å². The van der Waals surface area contributed by atoms with Gasteiger partial charge in [0.1, 0.15) is 0 Å². The fourth-order valence-electron chi connectivity index (χ4n) is 0.437. The Morgan fingerprint density at radius 2 is 2.11 bits per heavy atom. The van der Waals surface area contributed by atoms with E-state index >= 15 is 0 Å². The van der Waals surface area contributed by atoms with Crippen LogP contribution in [0.3, 0.4) is 0 Å². The van der Waals surface area contributed by atoms with E-state index in [2.05, 4.69) is 12.2 Å². The van der Waals surface area contributed by atoms with Crippen molar-refractivity contribution in [2.24, 2.45) is 0 Å². The molecule has 0 aromatic carbocycles. The number of aliphatic hydroxyl groups is 2. The van der Waals surface area contributed by atoms with Gasteiger partial charge in [0.05, 0.1) is 0 Å². The Bertz CT molecular complexity index is 178. The molecule has 4 N–H and O–H groups in total. The molecule has 0 saturated carbocycles. The molecule has 1 aliphatic rings. The first kappa shape index (κ1) is 6.40. The molecule has 50 valence electrons. The normalized spacial score (nSPS) is 23.3. The summed E-state index contributed by atoms with van der Waals surface area (Å²) in [6.07, 6.45) is 0. The SMILES string of the molecule is O=C1NC(=S)NC1(O)O. The zero-order valence-electron chi connectivity index (χ0n) is 4.21. The standard InChI is InChI=1S/C3H4N2O3S/c6-1-3(7,8)5-2(9)4-1/h7-8H,(H2,4,5,6,9). The average molecular weight is 148 g/mol. The molecule has 0 atom stereocenters. The van der Waals surface area contributed by atoms with Crippen LogP contribution < -0.4 is 10.6 Å². The Labute approximate surface area is 55.7 Å². The highest BCUT2D eigenvalue weighted by Crippen LogP contribution is 1.99. The fraction of sp³-hybridized carbons (Fsp3) is 0.333. The maximum absolute atomic E-state index is 10.3. The van der Waals surface area contributed by atoms with Crippen LogP contribution in [0.2, 0.25) is 0 Å². The van der Waals surface area contributed by atoms with Crippen LogP contribution >= 0.6 is 12.2 Å². The maximum Gasteiger partial charge on any atom is 0.330 e. The number of amides is 1. The van der Waals surface area contributed by atoms with Crippen molar-refractivity contribution in [2.45, 2.75) is 5.91 Å². The lowest BCUT2D eigenvalue weighted by atomic mass is 10.5. The second-order valence-corrected chi connectivity index (χ2v) is 1.99. The van der Waals surface area contributed by atoms with Gasteiger partial charge in [-0.3, -0.25) is 10.1 Å². The first-order valence-corrected chi connectivity index (χ1v) is 2.51. The molecular formula is C3H4N2O3S. The zero-order chi connectivity index (χ0) is 7.07. The average Bonchev–Trinajstić information content (AvgIpc) is 1.79. The number of hydrogen-bond donors (Lipinski definition) is 4. The van der Waals surface area contributed by atoms with Gasteiger partial charge in [-0.25, -0.2) is 0 Å². The van der Waals surface area contributed by atoms with Gasteiger partial charge in [-0.05, 0) is 12.2 Å². The van der Waals surface area contributed by atoms with Gasteiger partial charge in [0.2, 0.25) is 0 Å². The van der Waals surface area contributed by atoms with Gasteiger partial charge >= 0.3 is 11.8 Å². The van der Waals surface area contributed by atoms with Crippen LogP contribution in [0, 0.1) is 0 Å². The number of rotatable bonds is 0. The van der Waals surface area contributed by atoms with Crippen LogP contribution in [0.4, 0.5) is 0 Å². The molecule has 6 heteroatoms. The molecule has 0 bridgehead atoms. The predicted octanol–water partition coefficient (Wildman–Crippen LogP) is -2.37. The predicted molar refractivity (Wildman–Crippen MR) is 31.0 cm³/mol. The van der Waals surface area contributed by atoms with Crippen molar-refractivity contribution in [3.8, 4) is 0 Å². The second-order valence-electron chi connectivity index (χ2n) is 1.58. The highest BCUT2D eigenvalue weighted by Gasteiger charge is 2.40. The summed E-state index contributed by atoms with van der Waals surface area (Å²) in [5, 5.41) is 21.0. The van der Waals surface area contributed by atoms with Crippen LogP contribution in [0.25, 0.3) is 0 Å². The van der Waals surface area contributed by atoms with Crippen molar-refractivity contribution in [3.05, 3.63) is 0 Å². The van der Waals surface area contributed by atoms with Gasteiger partial charge in [-0.15, -0.1) is 0 Å². The molecule has 0 aromatic heterocycles. The van der Waals surface area contributed by atoms with Gasteiger partial charge in [0.15, 0.2) is 5.11 Å². The molecule has 1 saturated heterocycles. The van der Waals surface area contributed by atoms with Gasteiger partial charge in [0.25, 0.3) is 0 Å². The second kappa shape index (κ2) is 1.63. The maximum atomic E-state index is 10.3. The third kappa shape index (κ3) is 0.995. The van der Waals surface area contributed by atoms with E-state index < -0.39 is 11.8 Å². The monoisotopic (exact) mass is 148 g/mol. The molecule has 0 spiro atoms. The van der Waals surface area contributed by atoms with Crippen LogP contribution in [0.15, 0.2) is 0 Å². The molecule has 1 rings (SSSR count). The summed E-state index contributed by atoms with van der Waals surface area (Å²) in [6.45, 7) is 0. The quantitative estimate of drug-likeness (QED) is 0.228. The Hall–Kier alpha value is -0.720. The molecule has 1 aliphatic heterocycles. The summed E-state index contributed by atoms with van der Waals surface area (Å²) in [5.41, 5.74) is 0. The van der Waals surface area contributed by atoms with Gasteiger partial charge in [0, 0.05) is 0 Å².